The maximum atomic E-state index is 12.6. The highest BCUT2D eigenvalue weighted by molar-refractivity contribution is 6.02. The number of rotatable bonds is 2. The molecule has 2 aliphatic heterocycles. The van der Waals surface area contributed by atoms with Gasteiger partial charge >= 0.3 is 12.1 Å². The SMILES string of the molecule is CC1OC(C)(C)N(C(=O)OC(C)(C)C)C1C(=O)ON1C(=O)CCC1=O. The lowest BCUT2D eigenvalue weighted by Gasteiger charge is -2.34. The van der Waals surface area contributed by atoms with Crippen LogP contribution in [0.4, 0.5) is 4.79 Å². The van der Waals surface area contributed by atoms with Crippen LogP contribution in [0, 0.1) is 0 Å². The number of hydrogen-bond acceptors (Lipinski definition) is 7. The van der Waals surface area contributed by atoms with Crippen LogP contribution < -0.4 is 0 Å². The number of carbonyl (C=O) groups excluding carboxylic acids is 4. The molecule has 0 aromatic heterocycles. The Balaban J connectivity index is 2.23. The molecule has 2 aliphatic rings. The predicted octanol–water partition coefficient (Wildman–Crippen LogP) is 1.35. The molecule has 3 amide bonds. The summed E-state index contributed by atoms with van der Waals surface area (Å²) < 4.78 is 11.0. The highest BCUT2D eigenvalue weighted by atomic mass is 16.7. The number of imide groups is 1. The van der Waals surface area contributed by atoms with E-state index in [1.54, 1.807) is 41.5 Å². The second kappa shape index (κ2) is 6.29. The van der Waals surface area contributed by atoms with Gasteiger partial charge in [0, 0.05) is 12.8 Å². The molecule has 2 heterocycles. The van der Waals surface area contributed by atoms with Crippen LogP contribution in [0.5, 0.6) is 0 Å². The van der Waals surface area contributed by atoms with E-state index in [1.807, 2.05) is 0 Å². The number of carbonyl (C=O) groups is 4. The van der Waals surface area contributed by atoms with E-state index in [0.29, 0.717) is 5.06 Å². The topological polar surface area (TPSA) is 102 Å². The number of hydrogen-bond donors (Lipinski definition) is 0. The fourth-order valence-electron chi connectivity index (χ4n) is 2.86. The van der Waals surface area contributed by atoms with Crippen molar-refractivity contribution in [3.05, 3.63) is 0 Å². The zero-order valence-electron chi connectivity index (χ0n) is 15.3. The van der Waals surface area contributed by atoms with Gasteiger partial charge in [-0.05, 0) is 41.5 Å². The minimum atomic E-state index is -1.15. The Morgan fingerprint density at radius 3 is 2.16 bits per heavy atom. The van der Waals surface area contributed by atoms with Gasteiger partial charge in [0.1, 0.15) is 11.3 Å². The average molecular weight is 356 g/mol. The van der Waals surface area contributed by atoms with Gasteiger partial charge in [0.15, 0.2) is 6.04 Å². The van der Waals surface area contributed by atoms with Crippen LogP contribution in [-0.4, -0.2) is 57.3 Å². The lowest BCUT2D eigenvalue weighted by atomic mass is 10.1. The molecule has 2 saturated heterocycles. The molecule has 0 bridgehead atoms. The van der Waals surface area contributed by atoms with Crippen molar-refractivity contribution in [1.82, 2.24) is 9.96 Å². The fourth-order valence-corrected chi connectivity index (χ4v) is 2.86. The van der Waals surface area contributed by atoms with Crippen LogP contribution in [0.1, 0.15) is 54.4 Å². The summed E-state index contributed by atoms with van der Waals surface area (Å²) in [6, 6.07) is -1.15. The Labute approximate surface area is 146 Å². The first-order chi connectivity index (χ1) is 11.3. The van der Waals surface area contributed by atoms with Crippen molar-refractivity contribution in [2.24, 2.45) is 0 Å². The standard InChI is InChI=1S/C16H24N2O7/c1-9-12(13(21)25-18-10(19)7-8-11(18)20)17(16(5,6)23-9)14(22)24-15(2,3)4/h9,12H,7-8H2,1-6H3. The quantitative estimate of drug-likeness (QED) is 0.688. The number of ether oxygens (including phenoxy) is 2. The van der Waals surface area contributed by atoms with E-state index < -0.39 is 47.3 Å². The van der Waals surface area contributed by atoms with E-state index in [4.69, 9.17) is 14.3 Å². The van der Waals surface area contributed by atoms with Gasteiger partial charge in [-0.2, -0.15) is 0 Å². The Morgan fingerprint density at radius 1 is 1.16 bits per heavy atom. The molecule has 140 valence electrons. The normalized spacial score (nSPS) is 26.2. The zero-order valence-corrected chi connectivity index (χ0v) is 15.3. The second-order valence-corrected chi connectivity index (χ2v) is 7.56. The lowest BCUT2D eigenvalue weighted by molar-refractivity contribution is -0.201. The molecule has 0 aliphatic carbocycles. The molecule has 9 nitrogen and oxygen atoms in total. The van der Waals surface area contributed by atoms with Crippen LogP contribution in [-0.2, 0) is 28.7 Å². The summed E-state index contributed by atoms with van der Waals surface area (Å²) in [6.07, 6.45) is -1.47. The van der Waals surface area contributed by atoms with Crippen molar-refractivity contribution in [2.75, 3.05) is 0 Å². The van der Waals surface area contributed by atoms with Gasteiger partial charge < -0.3 is 14.3 Å². The summed E-state index contributed by atoms with van der Waals surface area (Å²) in [5.74, 6) is -2.10. The summed E-state index contributed by atoms with van der Waals surface area (Å²) in [7, 11) is 0. The van der Waals surface area contributed by atoms with Crippen LogP contribution in [0.2, 0.25) is 0 Å². The molecular formula is C16H24N2O7. The van der Waals surface area contributed by atoms with Crippen molar-refractivity contribution in [1.29, 1.82) is 0 Å². The summed E-state index contributed by atoms with van der Waals surface area (Å²) in [6.45, 7) is 9.94. The maximum absolute atomic E-state index is 12.6. The van der Waals surface area contributed by atoms with E-state index in [9.17, 15) is 19.2 Å². The molecule has 0 spiro atoms. The fraction of sp³-hybridized carbons (Fsp3) is 0.750. The summed E-state index contributed by atoms with van der Waals surface area (Å²) in [4.78, 5) is 54.5. The van der Waals surface area contributed by atoms with Crippen LogP contribution >= 0.6 is 0 Å². The van der Waals surface area contributed by atoms with Gasteiger partial charge in [-0.3, -0.25) is 14.5 Å². The molecule has 9 heteroatoms. The Hall–Kier alpha value is -2.16. The van der Waals surface area contributed by atoms with Crippen molar-refractivity contribution in [3.63, 3.8) is 0 Å². The number of amides is 3. The van der Waals surface area contributed by atoms with Gasteiger partial charge in [0.2, 0.25) is 0 Å². The van der Waals surface area contributed by atoms with Crippen LogP contribution in [0.25, 0.3) is 0 Å². The van der Waals surface area contributed by atoms with E-state index in [1.165, 1.54) is 0 Å². The maximum Gasteiger partial charge on any atom is 0.413 e. The third kappa shape index (κ3) is 3.92. The lowest BCUT2D eigenvalue weighted by Crippen LogP contribution is -2.54. The monoisotopic (exact) mass is 356 g/mol. The molecule has 2 rings (SSSR count). The summed E-state index contributed by atoms with van der Waals surface area (Å²) in [5, 5.41) is 0.452. The second-order valence-electron chi connectivity index (χ2n) is 7.56. The highest BCUT2D eigenvalue weighted by Gasteiger charge is 2.54. The van der Waals surface area contributed by atoms with E-state index in [0.717, 1.165) is 4.90 Å². The zero-order chi connectivity index (χ0) is 19.2. The largest absolute Gasteiger partial charge is 0.444 e. The Bertz CT molecular complexity index is 592. The van der Waals surface area contributed by atoms with Crippen molar-refractivity contribution in [3.8, 4) is 0 Å². The van der Waals surface area contributed by atoms with Gasteiger partial charge in [-0.1, -0.05) is 0 Å². The van der Waals surface area contributed by atoms with E-state index in [-0.39, 0.29) is 12.8 Å². The molecule has 2 unspecified atom stereocenters. The average Bonchev–Trinajstić information content (AvgIpc) is 2.85. The molecule has 2 atom stereocenters. The first kappa shape index (κ1) is 19.2. The Kier molecular flexibility index (Phi) is 4.82. The first-order valence-electron chi connectivity index (χ1n) is 8.11. The molecule has 0 radical (unpaired) electrons. The van der Waals surface area contributed by atoms with Crippen molar-refractivity contribution >= 4 is 23.9 Å². The molecule has 0 aromatic carbocycles. The summed E-state index contributed by atoms with van der Waals surface area (Å²) >= 11 is 0. The number of hydroxylamine groups is 2. The third-order valence-electron chi connectivity index (χ3n) is 3.80. The molecule has 0 aromatic rings. The van der Waals surface area contributed by atoms with E-state index >= 15 is 0 Å². The van der Waals surface area contributed by atoms with Crippen molar-refractivity contribution in [2.45, 2.75) is 77.9 Å². The van der Waals surface area contributed by atoms with Crippen LogP contribution in [0.3, 0.4) is 0 Å². The molecule has 25 heavy (non-hydrogen) atoms. The minimum absolute atomic E-state index is 0.00981. The molecule has 0 saturated carbocycles. The molecule has 0 N–H and O–H groups in total. The minimum Gasteiger partial charge on any atom is -0.444 e. The van der Waals surface area contributed by atoms with Gasteiger partial charge in [0.05, 0.1) is 6.10 Å². The third-order valence-corrected chi connectivity index (χ3v) is 3.80. The molecule has 2 fully saturated rings. The van der Waals surface area contributed by atoms with Crippen LogP contribution in [0.15, 0.2) is 0 Å². The van der Waals surface area contributed by atoms with Gasteiger partial charge in [-0.25, -0.2) is 9.59 Å². The first-order valence-corrected chi connectivity index (χ1v) is 8.11. The Morgan fingerprint density at radius 2 is 1.68 bits per heavy atom. The van der Waals surface area contributed by atoms with Gasteiger partial charge in [0.25, 0.3) is 11.8 Å². The summed E-state index contributed by atoms with van der Waals surface area (Å²) in [5.41, 5.74) is -1.89. The van der Waals surface area contributed by atoms with Crippen molar-refractivity contribution < 1.29 is 33.5 Å². The predicted molar refractivity (Wildman–Crippen MR) is 83.7 cm³/mol. The van der Waals surface area contributed by atoms with Gasteiger partial charge in [-0.15, -0.1) is 5.06 Å². The van der Waals surface area contributed by atoms with E-state index in [2.05, 4.69) is 0 Å². The smallest absolute Gasteiger partial charge is 0.413 e. The molecular weight excluding hydrogens is 332 g/mol. The highest BCUT2D eigenvalue weighted by Crippen LogP contribution is 2.34. The number of nitrogens with zero attached hydrogens (tertiary/aromatic N) is 2.